The van der Waals surface area contributed by atoms with Crippen LogP contribution in [0.1, 0.15) is 5.56 Å². The standard InChI is InChI=1S/C8H8.CH6N4.H3O4P/c1-2-8-6-4-3-5-7-8;2-1(3)5-4;1-5(2,3)4/h2-7H,1H2;4H2,(H4,2,3,5);(H3,1,2,3,4). The molecule has 1 aromatic rings. The Balaban J connectivity index is 0. The number of hydrogen-bond donors (Lipinski definition) is 7. The summed E-state index contributed by atoms with van der Waals surface area (Å²) in [6, 6.07) is 10.0. The van der Waals surface area contributed by atoms with E-state index in [0.717, 1.165) is 0 Å². The largest absolute Gasteiger partial charge is 0.466 e. The van der Waals surface area contributed by atoms with Crippen LogP contribution in [0.5, 0.6) is 0 Å². The quantitative estimate of drug-likeness (QED) is 0.122. The molecule has 0 bridgehead atoms. The highest BCUT2D eigenvalue weighted by Crippen LogP contribution is 2.25. The summed E-state index contributed by atoms with van der Waals surface area (Å²) in [4.78, 5) is 21.6. The number of hydrogen-bond acceptors (Lipinski definition) is 3. The molecule has 0 atom stereocenters. The first-order valence-electron chi connectivity index (χ1n) is 4.47. The summed E-state index contributed by atoms with van der Waals surface area (Å²) < 4.78 is 8.88. The van der Waals surface area contributed by atoms with Crippen molar-refractivity contribution in [2.24, 2.45) is 11.6 Å². The first-order chi connectivity index (χ1) is 8.20. The van der Waals surface area contributed by atoms with Crippen LogP contribution in [-0.4, -0.2) is 20.6 Å². The van der Waals surface area contributed by atoms with Gasteiger partial charge in [0.15, 0.2) is 5.96 Å². The van der Waals surface area contributed by atoms with Gasteiger partial charge in [0.25, 0.3) is 0 Å². The fraction of sp³-hybridized carbons (Fsp3) is 0. The van der Waals surface area contributed by atoms with Crippen LogP contribution in [0.15, 0.2) is 36.9 Å². The predicted molar refractivity (Wildman–Crippen MR) is 70.0 cm³/mol. The van der Waals surface area contributed by atoms with Gasteiger partial charge in [0.1, 0.15) is 0 Å². The minimum Gasteiger partial charge on any atom is -0.369 e. The number of rotatable bonds is 1. The van der Waals surface area contributed by atoms with E-state index >= 15 is 0 Å². The van der Waals surface area contributed by atoms with E-state index in [-0.39, 0.29) is 5.96 Å². The van der Waals surface area contributed by atoms with Crippen LogP contribution in [0.25, 0.3) is 6.08 Å². The molecule has 0 radical (unpaired) electrons. The van der Waals surface area contributed by atoms with E-state index in [2.05, 4.69) is 18.2 Å². The van der Waals surface area contributed by atoms with Crippen LogP contribution in [0.2, 0.25) is 0 Å². The first kappa shape index (κ1) is 18.7. The topological polar surface area (TPSA) is 166 Å². The number of nitrogens with one attached hydrogen (secondary N) is 2. The normalized spacial score (nSPS) is 8.89. The van der Waals surface area contributed by atoms with Crippen LogP contribution in [0, 0.1) is 5.41 Å². The second-order valence-electron chi connectivity index (χ2n) is 2.69. The minimum atomic E-state index is -4.64. The Hall–Kier alpha value is -1.70. The lowest BCUT2D eigenvalue weighted by Gasteiger charge is -1.85. The summed E-state index contributed by atoms with van der Waals surface area (Å²) >= 11 is 0. The molecule has 0 fully saturated rings. The molecule has 102 valence electrons. The smallest absolute Gasteiger partial charge is 0.369 e. The van der Waals surface area contributed by atoms with E-state index in [1.807, 2.05) is 41.8 Å². The molecule has 0 aromatic heterocycles. The first-order valence-corrected chi connectivity index (χ1v) is 6.03. The zero-order valence-corrected chi connectivity index (χ0v) is 10.4. The molecule has 0 saturated carbocycles. The summed E-state index contributed by atoms with van der Waals surface area (Å²) in [5, 5.41) is 6.28. The van der Waals surface area contributed by atoms with Gasteiger partial charge in [-0.2, -0.15) is 0 Å². The van der Waals surface area contributed by atoms with Crippen molar-refractivity contribution in [2.75, 3.05) is 0 Å². The Morgan fingerprint density at radius 2 is 1.67 bits per heavy atom. The lowest BCUT2D eigenvalue weighted by atomic mass is 10.2. The van der Waals surface area contributed by atoms with Crippen LogP contribution >= 0.6 is 7.82 Å². The molecule has 0 unspecified atom stereocenters. The zero-order chi connectivity index (χ0) is 14.6. The van der Waals surface area contributed by atoms with E-state index in [1.165, 1.54) is 5.56 Å². The molecule has 0 aliphatic carbocycles. The molecule has 1 rings (SSSR count). The second kappa shape index (κ2) is 10.5. The van der Waals surface area contributed by atoms with E-state index in [9.17, 15) is 0 Å². The van der Waals surface area contributed by atoms with Crippen molar-refractivity contribution in [1.82, 2.24) is 5.43 Å². The van der Waals surface area contributed by atoms with Gasteiger partial charge in [-0.3, -0.25) is 10.8 Å². The van der Waals surface area contributed by atoms with E-state index in [1.54, 1.807) is 0 Å². The Bertz CT molecular complexity index is 385. The van der Waals surface area contributed by atoms with Crippen molar-refractivity contribution >= 4 is 19.9 Å². The Labute approximate surface area is 105 Å². The molecule has 0 heterocycles. The Kier molecular flexibility index (Phi) is 10.8. The molecule has 18 heavy (non-hydrogen) atoms. The fourth-order valence-corrected chi connectivity index (χ4v) is 0.589. The van der Waals surface area contributed by atoms with Gasteiger partial charge in [0.05, 0.1) is 0 Å². The van der Waals surface area contributed by atoms with Crippen LogP contribution in [-0.2, 0) is 4.57 Å². The fourth-order valence-electron chi connectivity index (χ4n) is 0.589. The second-order valence-corrected chi connectivity index (χ2v) is 3.71. The summed E-state index contributed by atoms with van der Waals surface area (Å²) in [5.41, 5.74) is 7.70. The number of nitrogens with two attached hydrogens (primary N) is 2. The van der Waals surface area contributed by atoms with E-state index in [0.29, 0.717) is 0 Å². The van der Waals surface area contributed by atoms with Gasteiger partial charge in [-0.25, -0.2) is 10.4 Å². The monoisotopic (exact) mass is 276 g/mol. The van der Waals surface area contributed by atoms with Crippen LogP contribution in [0.3, 0.4) is 0 Å². The minimum absolute atomic E-state index is 0.218. The van der Waals surface area contributed by atoms with Crippen molar-refractivity contribution < 1.29 is 19.2 Å². The maximum Gasteiger partial charge on any atom is 0.466 e. The highest BCUT2D eigenvalue weighted by atomic mass is 31.2. The lowest BCUT2D eigenvalue weighted by molar-refractivity contribution is 0.275. The average Bonchev–Trinajstić information content (AvgIpc) is 2.28. The van der Waals surface area contributed by atoms with Gasteiger partial charge in [0, 0.05) is 0 Å². The SMILES string of the molecule is C=Cc1ccccc1.N=C(N)NN.O=P(O)(O)O. The van der Waals surface area contributed by atoms with Crippen LogP contribution in [0.4, 0.5) is 0 Å². The number of benzene rings is 1. The molecule has 8 nitrogen and oxygen atoms in total. The van der Waals surface area contributed by atoms with E-state index < -0.39 is 7.82 Å². The van der Waals surface area contributed by atoms with Gasteiger partial charge in [-0.05, 0) is 5.56 Å². The van der Waals surface area contributed by atoms with Crippen molar-refractivity contribution in [2.45, 2.75) is 0 Å². The highest BCUT2D eigenvalue weighted by Gasteiger charge is 2.00. The lowest BCUT2D eigenvalue weighted by Crippen LogP contribution is -2.35. The summed E-state index contributed by atoms with van der Waals surface area (Å²) in [7, 11) is -4.64. The third-order valence-electron chi connectivity index (χ3n) is 1.19. The van der Waals surface area contributed by atoms with Gasteiger partial charge in [-0.1, -0.05) is 43.0 Å². The summed E-state index contributed by atoms with van der Waals surface area (Å²) in [6.07, 6.45) is 1.83. The molecule has 9 heteroatoms. The van der Waals surface area contributed by atoms with Gasteiger partial charge >= 0.3 is 7.82 Å². The molecule has 0 amide bonds. The third kappa shape index (κ3) is 23.8. The number of hydrazine groups is 1. The molecular weight excluding hydrogens is 259 g/mol. The van der Waals surface area contributed by atoms with Crippen molar-refractivity contribution in [3.8, 4) is 0 Å². The van der Waals surface area contributed by atoms with Crippen molar-refractivity contribution in [3.63, 3.8) is 0 Å². The third-order valence-corrected chi connectivity index (χ3v) is 1.19. The molecule has 0 aliphatic rings. The Morgan fingerprint density at radius 3 is 1.83 bits per heavy atom. The highest BCUT2D eigenvalue weighted by molar-refractivity contribution is 7.45. The molecule has 0 spiro atoms. The van der Waals surface area contributed by atoms with Crippen molar-refractivity contribution in [1.29, 1.82) is 5.41 Å². The molecular formula is C9H17N4O4P. The molecule has 0 saturated heterocycles. The van der Waals surface area contributed by atoms with Gasteiger partial charge in [-0.15, -0.1) is 0 Å². The average molecular weight is 276 g/mol. The molecule has 0 aliphatic heterocycles. The van der Waals surface area contributed by atoms with Crippen molar-refractivity contribution in [3.05, 3.63) is 42.5 Å². The summed E-state index contributed by atoms with van der Waals surface area (Å²) in [6.45, 7) is 3.63. The number of guanidine groups is 1. The molecule has 9 N–H and O–H groups in total. The predicted octanol–water partition coefficient (Wildman–Crippen LogP) is -0.256. The number of phosphoric acid groups is 1. The van der Waals surface area contributed by atoms with Crippen LogP contribution < -0.4 is 17.0 Å². The van der Waals surface area contributed by atoms with Gasteiger partial charge < -0.3 is 20.4 Å². The molecule has 1 aromatic carbocycles. The maximum atomic E-state index is 8.88. The van der Waals surface area contributed by atoms with E-state index in [4.69, 9.17) is 24.7 Å². The zero-order valence-electron chi connectivity index (χ0n) is 9.52. The summed E-state index contributed by atoms with van der Waals surface area (Å²) in [5.74, 6) is 4.35. The maximum absolute atomic E-state index is 8.88. The van der Waals surface area contributed by atoms with Gasteiger partial charge in [0.2, 0.25) is 0 Å². The Morgan fingerprint density at radius 1 is 1.33 bits per heavy atom.